The van der Waals surface area contributed by atoms with E-state index in [-0.39, 0.29) is 10.6 Å². The molecule has 0 spiro atoms. The van der Waals surface area contributed by atoms with E-state index in [1.165, 1.54) is 11.8 Å². The predicted octanol–water partition coefficient (Wildman–Crippen LogP) is 3.28. The molecule has 0 fully saturated rings. The van der Waals surface area contributed by atoms with E-state index in [9.17, 15) is 10.1 Å². The highest BCUT2D eigenvalue weighted by atomic mass is 32.2. The van der Waals surface area contributed by atoms with Gasteiger partial charge < -0.3 is 5.32 Å². The fraction of sp³-hybridized carbons (Fsp3) is 0.231. The van der Waals surface area contributed by atoms with Crippen molar-refractivity contribution >= 4 is 23.1 Å². The van der Waals surface area contributed by atoms with E-state index in [0.717, 1.165) is 5.69 Å². The third kappa shape index (κ3) is 3.24. The molecule has 104 valence electrons. The van der Waals surface area contributed by atoms with Crippen LogP contribution in [-0.4, -0.2) is 21.4 Å². The van der Waals surface area contributed by atoms with Crippen LogP contribution in [0.1, 0.15) is 12.6 Å². The summed E-state index contributed by atoms with van der Waals surface area (Å²) in [5.41, 5.74) is 1.40. The van der Waals surface area contributed by atoms with Crippen LogP contribution in [0, 0.1) is 17.0 Å². The molecule has 1 aromatic heterocycles. The number of rotatable bonds is 5. The normalized spacial score (nSPS) is 10.3. The number of aryl methyl sites for hydroxylation is 1. The Hall–Kier alpha value is -2.15. The van der Waals surface area contributed by atoms with Crippen molar-refractivity contribution in [1.29, 1.82) is 0 Å². The Labute approximate surface area is 120 Å². The molecule has 20 heavy (non-hydrogen) atoms. The van der Waals surface area contributed by atoms with Crippen LogP contribution in [0.25, 0.3) is 0 Å². The first-order chi connectivity index (χ1) is 9.61. The maximum atomic E-state index is 11.3. The van der Waals surface area contributed by atoms with Gasteiger partial charge in [0.2, 0.25) is 0 Å². The lowest BCUT2D eigenvalue weighted by Crippen LogP contribution is -2.02. The second-order valence-electron chi connectivity index (χ2n) is 4.02. The van der Waals surface area contributed by atoms with Crippen LogP contribution in [0.15, 0.2) is 40.5 Å². The minimum Gasteiger partial charge on any atom is -0.380 e. The van der Waals surface area contributed by atoms with E-state index in [4.69, 9.17) is 0 Å². The molecular weight excluding hydrogens is 276 g/mol. The van der Waals surface area contributed by atoms with Crippen molar-refractivity contribution in [1.82, 2.24) is 9.97 Å². The zero-order chi connectivity index (χ0) is 14.5. The number of hydrogen-bond acceptors (Lipinski definition) is 6. The number of aromatic nitrogens is 2. The molecule has 0 saturated carbocycles. The second kappa shape index (κ2) is 6.33. The van der Waals surface area contributed by atoms with Crippen molar-refractivity contribution in [2.75, 3.05) is 11.9 Å². The Morgan fingerprint density at radius 1 is 1.40 bits per heavy atom. The summed E-state index contributed by atoms with van der Waals surface area (Å²) < 4.78 is 0. The number of nitro benzene ring substituents is 1. The summed E-state index contributed by atoms with van der Waals surface area (Å²) in [4.78, 5) is 19.8. The SMILES string of the molecule is CCNc1cccc(Sc2nccc(C)n2)c1[N+](=O)[O-]. The summed E-state index contributed by atoms with van der Waals surface area (Å²) in [5.74, 6) is 0. The monoisotopic (exact) mass is 290 g/mol. The van der Waals surface area contributed by atoms with Crippen LogP contribution in [0.2, 0.25) is 0 Å². The summed E-state index contributed by atoms with van der Waals surface area (Å²) in [6.45, 7) is 4.37. The smallest absolute Gasteiger partial charge is 0.306 e. The molecule has 0 aliphatic rings. The minimum absolute atomic E-state index is 0.0597. The van der Waals surface area contributed by atoms with Gasteiger partial charge in [-0.1, -0.05) is 6.07 Å². The average Bonchev–Trinajstić information content (AvgIpc) is 2.39. The quantitative estimate of drug-likeness (QED) is 0.517. The van der Waals surface area contributed by atoms with Crippen LogP contribution in [0.4, 0.5) is 11.4 Å². The van der Waals surface area contributed by atoms with Crippen LogP contribution in [0.3, 0.4) is 0 Å². The third-order valence-corrected chi connectivity index (χ3v) is 3.45. The highest BCUT2D eigenvalue weighted by Crippen LogP contribution is 2.37. The van der Waals surface area contributed by atoms with Crippen LogP contribution in [-0.2, 0) is 0 Å². The molecule has 0 aliphatic carbocycles. The lowest BCUT2D eigenvalue weighted by Gasteiger charge is -2.08. The lowest BCUT2D eigenvalue weighted by molar-refractivity contribution is -0.386. The van der Waals surface area contributed by atoms with Gasteiger partial charge in [-0.15, -0.1) is 0 Å². The van der Waals surface area contributed by atoms with Crippen molar-refractivity contribution < 1.29 is 4.92 Å². The fourth-order valence-electron chi connectivity index (χ4n) is 1.70. The topological polar surface area (TPSA) is 81.0 Å². The van der Waals surface area contributed by atoms with Crippen LogP contribution in [0.5, 0.6) is 0 Å². The summed E-state index contributed by atoms with van der Waals surface area (Å²) in [6, 6.07) is 6.97. The van der Waals surface area contributed by atoms with E-state index in [0.29, 0.717) is 22.3 Å². The Morgan fingerprint density at radius 2 is 2.20 bits per heavy atom. The molecule has 0 saturated heterocycles. The largest absolute Gasteiger partial charge is 0.380 e. The molecule has 2 aromatic rings. The molecule has 1 heterocycles. The molecule has 0 bridgehead atoms. The molecule has 0 radical (unpaired) electrons. The van der Waals surface area contributed by atoms with Crippen molar-refractivity contribution in [3.8, 4) is 0 Å². The Balaban J connectivity index is 2.40. The van der Waals surface area contributed by atoms with Gasteiger partial charge >= 0.3 is 5.69 Å². The van der Waals surface area contributed by atoms with Crippen LogP contribution >= 0.6 is 11.8 Å². The highest BCUT2D eigenvalue weighted by molar-refractivity contribution is 7.99. The summed E-state index contributed by atoms with van der Waals surface area (Å²) >= 11 is 1.19. The standard InChI is InChI=1S/C13H14N4O2S/c1-3-14-10-5-4-6-11(12(10)17(18)19)20-13-15-8-7-9(2)16-13/h4-8,14H,3H2,1-2H3. The van der Waals surface area contributed by atoms with Gasteiger partial charge in [0.25, 0.3) is 0 Å². The first kappa shape index (κ1) is 14.3. The number of nitrogens with zero attached hydrogens (tertiary/aromatic N) is 3. The molecule has 0 aliphatic heterocycles. The van der Waals surface area contributed by atoms with Gasteiger partial charge in [0.1, 0.15) is 5.69 Å². The zero-order valence-electron chi connectivity index (χ0n) is 11.2. The molecule has 0 atom stereocenters. The average molecular weight is 290 g/mol. The number of nitro groups is 1. The molecule has 1 aromatic carbocycles. The molecule has 1 N–H and O–H groups in total. The number of hydrogen-bond donors (Lipinski definition) is 1. The Kier molecular flexibility index (Phi) is 4.52. The van der Waals surface area contributed by atoms with E-state index in [2.05, 4.69) is 15.3 Å². The third-order valence-electron chi connectivity index (χ3n) is 2.52. The molecule has 2 rings (SSSR count). The van der Waals surface area contributed by atoms with Crippen LogP contribution < -0.4 is 5.32 Å². The van der Waals surface area contributed by atoms with Crippen molar-refractivity contribution in [3.63, 3.8) is 0 Å². The van der Waals surface area contributed by atoms with E-state index in [1.807, 2.05) is 13.8 Å². The maximum Gasteiger partial charge on any atom is 0.306 e. The van der Waals surface area contributed by atoms with Gasteiger partial charge in [-0.05, 0) is 43.8 Å². The van der Waals surface area contributed by atoms with E-state index in [1.54, 1.807) is 30.5 Å². The lowest BCUT2D eigenvalue weighted by atomic mass is 10.2. The van der Waals surface area contributed by atoms with Gasteiger partial charge in [-0.25, -0.2) is 9.97 Å². The van der Waals surface area contributed by atoms with Crippen molar-refractivity contribution in [2.45, 2.75) is 23.9 Å². The fourth-order valence-corrected chi connectivity index (χ4v) is 2.63. The van der Waals surface area contributed by atoms with Gasteiger partial charge in [-0.2, -0.15) is 0 Å². The van der Waals surface area contributed by atoms with Gasteiger partial charge in [-0.3, -0.25) is 10.1 Å². The summed E-state index contributed by atoms with van der Waals surface area (Å²) in [6.07, 6.45) is 1.64. The zero-order valence-corrected chi connectivity index (χ0v) is 12.0. The maximum absolute atomic E-state index is 11.3. The molecule has 6 nitrogen and oxygen atoms in total. The highest BCUT2D eigenvalue weighted by Gasteiger charge is 2.20. The number of benzene rings is 1. The molecule has 0 amide bonds. The number of nitrogens with one attached hydrogen (secondary N) is 1. The Bertz CT molecular complexity index is 634. The van der Waals surface area contributed by atoms with Crippen molar-refractivity contribution in [3.05, 3.63) is 46.3 Å². The van der Waals surface area contributed by atoms with Gasteiger partial charge in [0.15, 0.2) is 5.16 Å². The summed E-state index contributed by atoms with van der Waals surface area (Å²) in [7, 11) is 0. The van der Waals surface area contributed by atoms with Crippen molar-refractivity contribution in [2.24, 2.45) is 0 Å². The molecular formula is C13H14N4O2S. The summed E-state index contributed by atoms with van der Waals surface area (Å²) in [5, 5.41) is 14.8. The predicted molar refractivity (Wildman–Crippen MR) is 78.2 cm³/mol. The van der Waals surface area contributed by atoms with E-state index < -0.39 is 0 Å². The number of para-hydroxylation sites is 1. The first-order valence-electron chi connectivity index (χ1n) is 6.10. The Morgan fingerprint density at radius 3 is 2.85 bits per heavy atom. The van der Waals surface area contributed by atoms with Gasteiger partial charge in [0, 0.05) is 18.4 Å². The minimum atomic E-state index is -0.379. The molecule has 7 heteroatoms. The molecule has 0 unspecified atom stereocenters. The second-order valence-corrected chi connectivity index (χ2v) is 5.03. The van der Waals surface area contributed by atoms with Gasteiger partial charge in [0.05, 0.1) is 9.82 Å². The first-order valence-corrected chi connectivity index (χ1v) is 6.92. The van der Waals surface area contributed by atoms with E-state index >= 15 is 0 Å². The number of anilines is 1.